The van der Waals surface area contributed by atoms with Crippen molar-refractivity contribution >= 4 is 0 Å². The maximum Gasteiger partial charge on any atom is 0.0637 e. The Hall–Kier alpha value is -1.96. The van der Waals surface area contributed by atoms with Crippen molar-refractivity contribution in [2.24, 2.45) is 202 Å². The van der Waals surface area contributed by atoms with Crippen molar-refractivity contribution in [3.05, 3.63) is 33.5 Å². The fourth-order valence-corrected chi connectivity index (χ4v) is 29.1. The molecule has 8 N–H and O–H groups in total. The highest BCUT2D eigenvalue weighted by molar-refractivity contribution is 5.18. The lowest BCUT2D eigenvalue weighted by Gasteiger charge is -2.65. The molecule has 0 aromatic carbocycles. The maximum absolute atomic E-state index is 10.2. The first kappa shape index (κ1) is 88.6. The number of azide groups is 2. The second kappa shape index (κ2) is 39.7. The molecule has 12 aliphatic carbocycles. The van der Waals surface area contributed by atoms with Crippen LogP contribution in [0.5, 0.6) is 0 Å². The lowest BCUT2D eigenvalue weighted by molar-refractivity contribution is -0.228. The molecule has 0 bridgehead atoms. The summed E-state index contributed by atoms with van der Waals surface area (Å²) in [4.78, 5) is 5.20. The molecule has 0 spiro atoms. The number of unbranched alkanes of at least 4 members (excludes halogenated alkanes) is 2. The fourth-order valence-electron chi connectivity index (χ4n) is 29.1. The van der Waals surface area contributed by atoms with Crippen LogP contribution >= 0.6 is 0 Å². The van der Waals surface area contributed by atoms with E-state index in [1.54, 1.807) is 0 Å². The van der Waals surface area contributed by atoms with Crippen molar-refractivity contribution in [3.63, 3.8) is 0 Å². The van der Waals surface area contributed by atoms with Crippen LogP contribution in [0.2, 0.25) is 0 Å². The number of rotatable bonds is 25. The van der Waals surface area contributed by atoms with Crippen molar-refractivity contribution in [2.45, 2.75) is 322 Å². The monoisotopic (exact) mass is 1470 g/mol. The molecule has 0 aromatic heterocycles. The average molecular weight is 1470 g/mol. The molecule has 12 aliphatic rings. The molecular weight excluding hydrogens is 1300 g/mol. The van der Waals surface area contributed by atoms with Crippen molar-refractivity contribution < 1.29 is 24.4 Å². The van der Waals surface area contributed by atoms with Crippen LogP contribution in [-0.2, 0) is 14.2 Å². The molecule has 0 aliphatic heterocycles. The van der Waals surface area contributed by atoms with Gasteiger partial charge in [0.1, 0.15) is 0 Å². The van der Waals surface area contributed by atoms with Crippen molar-refractivity contribution in [1.82, 2.24) is 0 Å². The van der Waals surface area contributed by atoms with Gasteiger partial charge in [0.2, 0.25) is 0 Å². The summed E-state index contributed by atoms with van der Waals surface area (Å²) < 4.78 is 19.9. The minimum absolute atomic E-state index is 0.0547. The molecule has 0 heterocycles. The highest BCUT2D eigenvalue weighted by Gasteiger charge is 2.69. The third kappa shape index (κ3) is 18.5. The summed E-state index contributed by atoms with van der Waals surface area (Å²) in [6.45, 7) is 53.0. The first-order chi connectivity index (χ1) is 50.1. The zero-order valence-corrected chi connectivity index (χ0v) is 71.0. The number of hydrogen-bond acceptors (Lipinski definition) is 10. The molecule has 0 saturated heterocycles. The summed E-state index contributed by atoms with van der Waals surface area (Å²) in [5.41, 5.74) is 35.6. The molecule has 14 heteroatoms. The number of fused-ring (bicyclic) bond motifs is 15. The van der Waals surface area contributed by atoms with E-state index < -0.39 is 0 Å². The summed E-state index contributed by atoms with van der Waals surface area (Å²) in [7, 11) is 0. The standard InChI is InChI=1S/C31H59N3O4.C26H46O.C26H44.2C4H9N3/c1-21(20-35)24-7-8-25-29-26(19-28(31(24,25)3)38-16-6-13-34)30(2)10-9-23(36-14-4-11-32)17-22(30)18-27(29)37-15-5-12-33;1-16-9-11-25(5)20(13-16)14-18(3)24-22-8-7-21(17(2)10-12-27)26(22,6)19(4)15-23(24)25;1-8-17(3)21-9-10-22-24-18(4)14-20-13-16(2)11-12-25(20,6)23(24)15-19(5)26(21,22)7;2*1-2-3-4-6-7-5/h21-29,35H,4-20,32-34H2,1-3H3;16-24,27H,7-15H2,1-6H3;8,16-24H,1,9-15H2,2-7H3;2*2-4H2,1H3/t21-,22+,23-,24-,25+,26+,27-,28+,29+,30+,31-;2*16-,17-,18-,19+,20+,21-,22+,23+,24+,25+,26-;;/m111../s1. The van der Waals surface area contributed by atoms with Gasteiger partial charge < -0.3 is 41.6 Å². The van der Waals surface area contributed by atoms with Gasteiger partial charge in [-0.1, -0.05) is 160 Å². The summed E-state index contributed by atoms with van der Waals surface area (Å²) in [5.74, 6) is 19.4. The Kier molecular flexibility index (Phi) is 33.5. The van der Waals surface area contributed by atoms with Gasteiger partial charge in [0.25, 0.3) is 0 Å². The topological polar surface area (TPSA) is 244 Å². The molecule has 33 atom stereocenters. The van der Waals surface area contributed by atoms with Crippen LogP contribution in [0.25, 0.3) is 20.9 Å². The lowest BCUT2D eigenvalue weighted by atomic mass is 9.40. The van der Waals surface area contributed by atoms with Crippen molar-refractivity contribution in [1.29, 1.82) is 0 Å². The molecule has 0 unspecified atom stereocenters. The predicted molar refractivity (Wildman–Crippen MR) is 437 cm³/mol. The summed E-state index contributed by atoms with van der Waals surface area (Å²) in [6, 6.07) is 0. The third-order valence-corrected chi connectivity index (χ3v) is 35.3. The van der Waals surface area contributed by atoms with E-state index in [1.165, 1.54) is 109 Å². The predicted octanol–water partition coefficient (Wildman–Crippen LogP) is 22.3. The Labute approximate surface area is 644 Å². The minimum atomic E-state index is 0.0547. The zero-order chi connectivity index (χ0) is 76.8. The highest BCUT2D eigenvalue weighted by atomic mass is 16.5. The zero-order valence-electron chi connectivity index (χ0n) is 71.0. The third-order valence-electron chi connectivity index (χ3n) is 35.3. The van der Waals surface area contributed by atoms with Gasteiger partial charge in [0.15, 0.2) is 0 Å². The van der Waals surface area contributed by atoms with E-state index in [2.05, 4.69) is 150 Å². The Balaban J connectivity index is 0.000000185. The van der Waals surface area contributed by atoms with Crippen LogP contribution in [0, 0.1) is 175 Å². The number of allylic oxidation sites excluding steroid dienone is 1. The van der Waals surface area contributed by atoms with E-state index in [9.17, 15) is 10.2 Å². The largest absolute Gasteiger partial charge is 0.396 e. The summed E-state index contributed by atoms with van der Waals surface area (Å²) >= 11 is 0. The van der Waals surface area contributed by atoms with Crippen molar-refractivity contribution in [3.8, 4) is 0 Å². The van der Waals surface area contributed by atoms with Gasteiger partial charge in [0.05, 0.1) is 18.3 Å². The van der Waals surface area contributed by atoms with Gasteiger partial charge >= 0.3 is 0 Å². The summed E-state index contributed by atoms with van der Waals surface area (Å²) in [6.07, 6.45) is 39.9. The molecule has 14 nitrogen and oxygen atoms in total. The van der Waals surface area contributed by atoms with Crippen molar-refractivity contribution in [2.75, 3.05) is 65.8 Å². The molecule has 12 saturated carbocycles. The van der Waals surface area contributed by atoms with E-state index in [0.717, 1.165) is 192 Å². The Morgan fingerprint density at radius 2 is 0.914 bits per heavy atom. The van der Waals surface area contributed by atoms with Crippen LogP contribution in [-0.4, -0.2) is 94.3 Å². The molecule has 105 heavy (non-hydrogen) atoms. The smallest absolute Gasteiger partial charge is 0.0637 e. The van der Waals surface area contributed by atoms with Gasteiger partial charge in [-0.2, -0.15) is 0 Å². The maximum atomic E-state index is 10.2. The minimum Gasteiger partial charge on any atom is -0.396 e. The Morgan fingerprint density at radius 1 is 0.486 bits per heavy atom. The highest BCUT2D eigenvalue weighted by Crippen LogP contribution is 2.74. The van der Waals surface area contributed by atoms with E-state index in [-0.39, 0.29) is 35.6 Å². The van der Waals surface area contributed by atoms with E-state index in [1.807, 2.05) is 0 Å². The van der Waals surface area contributed by atoms with E-state index in [4.69, 9.17) is 42.5 Å². The second-order valence-corrected chi connectivity index (χ2v) is 40.4. The van der Waals surface area contributed by atoms with Gasteiger partial charge in [-0.3, -0.25) is 0 Å². The van der Waals surface area contributed by atoms with Gasteiger partial charge in [-0.25, -0.2) is 0 Å². The van der Waals surface area contributed by atoms with Crippen LogP contribution < -0.4 is 17.2 Å². The number of nitrogens with two attached hydrogens (primary N) is 3. The number of aliphatic hydroxyl groups excluding tert-OH is 2. The quantitative estimate of drug-likeness (QED) is 0.0193. The molecule has 12 rings (SSSR count). The van der Waals surface area contributed by atoms with Gasteiger partial charge in [-0.15, -0.1) is 6.58 Å². The van der Waals surface area contributed by atoms with E-state index in [0.29, 0.717) is 109 Å². The Morgan fingerprint density at radius 3 is 1.37 bits per heavy atom. The molecular formula is C91H167N9O5. The summed E-state index contributed by atoms with van der Waals surface area (Å²) in [5, 5.41) is 26.5. The fraction of sp³-hybridized carbons (Fsp3) is 0.978. The number of ether oxygens (including phenoxy) is 3. The average Bonchev–Trinajstić information content (AvgIpc) is 1.68. The van der Waals surface area contributed by atoms with Crippen LogP contribution in [0.1, 0.15) is 304 Å². The number of nitrogens with zero attached hydrogens (tertiary/aromatic N) is 6. The van der Waals surface area contributed by atoms with Crippen LogP contribution in [0.3, 0.4) is 0 Å². The van der Waals surface area contributed by atoms with Crippen LogP contribution in [0.15, 0.2) is 22.9 Å². The van der Waals surface area contributed by atoms with Crippen LogP contribution in [0.4, 0.5) is 0 Å². The number of hydrogen-bond donors (Lipinski definition) is 5. The second-order valence-electron chi connectivity index (χ2n) is 40.4. The first-order valence-electron chi connectivity index (χ1n) is 44.9. The van der Waals surface area contributed by atoms with Gasteiger partial charge in [0, 0.05) is 61.4 Å². The molecule has 0 amide bonds. The lowest BCUT2D eigenvalue weighted by Crippen LogP contribution is -2.63. The molecule has 0 radical (unpaired) electrons. The normalized spacial score (nSPS) is 45.4. The molecule has 12 fully saturated rings. The number of aliphatic hydroxyl groups is 2. The molecule has 0 aromatic rings. The SMILES string of the molecule is C=C[C@@H](C)[C@H]1CC[C@H]2[C@@H]3[C@H](C)C[C@@H]4C[C@H](C)CC[C@]4(C)[C@H]3C[C@H](C)[C@]12C.CCCCN=[N+]=[N-].CCCCN=[N+]=[N-].C[C@@H]1CC[C@@]2(C)[C@@H](C1)C[C@@H](C)[C@@H]1[C@@H]2C[C@H](C)[C@]2(C)[C@@H]([C@H](C)CCO)CC[C@@H]12.C[C@H](CO)[C@H]1CC[C@H]2[C@@H]3[C@H](OCCCN)C[C@@H]4C[C@H](OCCCN)CC[C@]4(C)[C@H]3C[C@H](OCCCN)[C@]12C. The Bertz CT molecular complexity index is 2690. The molecule has 606 valence electrons. The van der Waals surface area contributed by atoms with Gasteiger partial charge in [-0.05, 0) is 360 Å². The van der Waals surface area contributed by atoms with E-state index >= 15 is 0 Å². The first-order valence-corrected chi connectivity index (χ1v) is 44.9.